The summed E-state index contributed by atoms with van der Waals surface area (Å²) >= 11 is 0. The number of halogens is 1. The summed E-state index contributed by atoms with van der Waals surface area (Å²) in [4.78, 5) is 16.8. The van der Waals surface area contributed by atoms with Gasteiger partial charge >= 0.3 is 6.03 Å². The van der Waals surface area contributed by atoms with Gasteiger partial charge in [-0.05, 0) is 34.9 Å². The molecule has 166 valence electrons. The number of hydrogen-bond donors (Lipinski definition) is 1. The lowest BCUT2D eigenvalue weighted by Crippen LogP contribution is -2.17. The number of methoxy groups -OCH3 is 1. The maximum atomic E-state index is 14.9. The van der Waals surface area contributed by atoms with Crippen LogP contribution in [0.1, 0.15) is 17.5 Å². The van der Waals surface area contributed by atoms with Gasteiger partial charge < -0.3 is 23.4 Å². The Labute approximate surface area is 184 Å². The molecule has 0 fully saturated rings. The number of fused-ring (bicyclic) bond motifs is 2. The van der Waals surface area contributed by atoms with Crippen LogP contribution in [0.5, 0.6) is 11.8 Å². The summed E-state index contributed by atoms with van der Waals surface area (Å²) in [5.74, 6) is -0.408. The first-order valence-electron chi connectivity index (χ1n) is 10.0. The Balaban J connectivity index is 1.49. The average molecular weight is 456 g/mol. The molecule has 0 radical (unpaired) electrons. The van der Waals surface area contributed by atoms with Crippen LogP contribution in [0.4, 0.5) is 14.9 Å². The van der Waals surface area contributed by atoms with Crippen molar-refractivity contribution < 1.29 is 22.9 Å². The lowest BCUT2D eigenvalue weighted by Gasteiger charge is -2.25. The van der Waals surface area contributed by atoms with Gasteiger partial charge in [-0.1, -0.05) is 12.1 Å². The summed E-state index contributed by atoms with van der Waals surface area (Å²) in [7, 11) is -0.663. The Morgan fingerprint density at radius 1 is 1.31 bits per heavy atom. The summed E-state index contributed by atoms with van der Waals surface area (Å²) < 4.78 is 43.5. The molecule has 3 aromatic rings. The number of aromatic nitrogens is 3. The van der Waals surface area contributed by atoms with Crippen molar-refractivity contribution in [3.05, 3.63) is 47.5 Å². The Bertz CT molecular complexity index is 1320. The van der Waals surface area contributed by atoms with Crippen LogP contribution < -0.4 is 14.8 Å². The van der Waals surface area contributed by atoms with E-state index in [0.29, 0.717) is 30.3 Å². The van der Waals surface area contributed by atoms with Crippen LogP contribution in [0.3, 0.4) is 0 Å². The SMILES string of the molecule is COc1nccc(-c2ccc3c(c2NC(=O)N=[S-](=O)c2cnn4c2OCCC4)CC3)c1F. The van der Waals surface area contributed by atoms with Crippen LogP contribution >= 0.6 is 0 Å². The second-order valence-electron chi connectivity index (χ2n) is 7.32. The van der Waals surface area contributed by atoms with Crippen LogP contribution in [0, 0.1) is 5.82 Å². The smallest absolute Gasteiger partial charge is 0.322 e. The highest BCUT2D eigenvalue weighted by molar-refractivity contribution is 7.75. The van der Waals surface area contributed by atoms with Gasteiger partial charge in [0.15, 0.2) is 11.7 Å². The third kappa shape index (κ3) is 3.48. The molecule has 0 saturated carbocycles. The lowest BCUT2D eigenvalue weighted by molar-refractivity contribution is 0.225. The number of rotatable bonds is 4. The second-order valence-corrected chi connectivity index (χ2v) is 8.44. The predicted molar refractivity (Wildman–Crippen MR) is 114 cm³/mol. The highest BCUT2D eigenvalue weighted by Crippen LogP contribution is 2.40. The molecule has 3 heterocycles. The number of nitrogens with one attached hydrogen (secondary N) is 1. The molecule has 1 N–H and O–H groups in total. The van der Waals surface area contributed by atoms with Crippen molar-refractivity contribution in [1.82, 2.24) is 14.8 Å². The summed E-state index contributed by atoms with van der Waals surface area (Å²) in [6.45, 7) is 1.14. The quantitative estimate of drug-likeness (QED) is 0.600. The van der Waals surface area contributed by atoms with Crippen molar-refractivity contribution in [1.29, 1.82) is 0 Å². The predicted octanol–water partition coefficient (Wildman–Crippen LogP) is 3.71. The number of nitrogens with zero attached hydrogens (tertiary/aromatic N) is 4. The normalized spacial score (nSPS) is 15.2. The number of aryl methyl sites for hydroxylation is 2. The first kappa shape index (κ1) is 20.4. The largest absolute Gasteiger partial charge is 0.479 e. The first-order chi connectivity index (χ1) is 15.6. The van der Waals surface area contributed by atoms with Crippen molar-refractivity contribution in [3.63, 3.8) is 0 Å². The summed E-state index contributed by atoms with van der Waals surface area (Å²) in [6.07, 6.45) is 5.23. The number of carbonyl (C=O) groups excluding carboxylic acids is 1. The zero-order chi connectivity index (χ0) is 22.2. The number of pyridine rings is 1. The Hall–Kier alpha value is -3.47. The maximum Gasteiger partial charge on any atom is 0.322 e. The topological polar surface area (TPSA) is 108 Å². The third-order valence-corrected chi connectivity index (χ3v) is 6.48. The summed E-state index contributed by atoms with van der Waals surface area (Å²) in [5.41, 5.74) is 3.12. The van der Waals surface area contributed by atoms with E-state index in [1.54, 1.807) is 10.7 Å². The minimum absolute atomic E-state index is 0.140. The van der Waals surface area contributed by atoms with Crippen molar-refractivity contribution >= 4 is 22.3 Å². The highest BCUT2D eigenvalue weighted by atomic mass is 32.2. The summed E-state index contributed by atoms with van der Waals surface area (Å²) in [5, 5.41) is 6.84. The van der Waals surface area contributed by atoms with Crippen LogP contribution in [-0.2, 0) is 34.2 Å². The number of urea groups is 1. The van der Waals surface area contributed by atoms with E-state index in [1.165, 1.54) is 25.6 Å². The van der Waals surface area contributed by atoms with Crippen LogP contribution in [0.25, 0.3) is 11.1 Å². The van der Waals surface area contributed by atoms with E-state index in [2.05, 4.69) is 19.8 Å². The fourth-order valence-electron chi connectivity index (χ4n) is 3.85. The Kier molecular flexibility index (Phi) is 5.25. The molecular formula is C21H19FN5O4S-. The fourth-order valence-corrected chi connectivity index (χ4v) is 4.60. The average Bonchev–Trinajstić information content (AvgIpc) is 3.20. The van der Waals surface area contributed by atoms with Crippen molar-refractivity contribution in [2.45, 2.75) is 30.7 Å². The highest BCUT2D eigenvalue weighted by Gasteiger charge is 2.24. The molecule has 0 saturated heterocycles. The number of carbonyl (C=O) groups is 1. The lowest BCUT2D eigenvalue weighted by atomic mass is 9.84. The Morgan fingerprint density at radius 2 is 2.19 bits per heavy atom. The minimum atomic E-state index is -2.00. The van der Waals surface area contributed by atoms with Gasteiger partial charge in [0.05, 0.1) is 19.4 Å². The molecule has 2 amide bonds. The van der Waals surface area contributed by atoms with Gasteiger partial charge in [-0.15, -0.1) is 10.6 Å². The van der Waals surface area contributed by atoms with Crippen molar-refractivity contribution in [3.8, 4) is 22.9 Å². The molecule has 32 heavy (non-hydrogen) atoms. The maximum absolute atomic E-state index is 14.9. The molecule has 1 aromatic carbocycles. The molecule has 9 nitrogen and oxygen atoms in total. The number of anilines is 1. The van der Waals surface area contributed by atoms with E-state index in [9.17, 15) is 13.4 Å². The molecule has 2 aromatic heterocycles. The zero-order valence-electron chi connectivity index (χ0n) is 17.1. The molecule has 1 aliphatic carbocycles. The number of amides is 2. The minimum Gasteiger partial charge on any atom is -0.479 e. The van der Waals surface area contributed by atoms with E-state index in [1.807, 2.05) is 6.07 Å². The molecule has 5 rings (SSSR count). The van der Waals surface area contributed by atoms with Crippen molar-refractivity contribution in [2.24, 2.45) is 4.36 Å². The number of benzene rings is 1. The molecule has 11 heteroatoms. The second kappa shape index (κ2) is 8.23. The van der Waals surface area contributed by atoms with Gasteiger partial charge in [-0.25, -0.2) is 18.9 Å². The van der Waals surface area contributed by atoms with Crippen LogP contribution in [0.2, 0.25) is 0 Å². The number of ether oxygens (including phenoxy) is 2. The van der Waals surface area contributed by atoms with E-state index in [4.69, 9.17) is 9.47 Å². The monoisotopic (exact) mass is 456 g/mol. The molecule has 0 unspecified atom stereocenters. The van der Waals surface area contributed by atoms with Gasteiger partial charge in [0.25, 0.3) is 5.88 Å². The molecule has 0 bridgehead atoms. The molecule has 0 spiro atoms. The number of hydrogen-bond acceptors (Lipinski definition) is 7. The molecule has 1 aliphatic heterocycles. The van der Waals surface area contributed by atoms with Gasteiger partial charge in [-0.2, -0.15) is 5.10 Å². The molecular weight excluding hydrogens is 437 g/mol. The third-order valence-electron chi connectivity index (χ3n) is 5.49. The van der Waals surface area contributed by atoms with Crippen LogP contribution in [-0.4, -0.2) is 34.5 Å². The first-order valence-corrected chi connectivity index (χ1v) is 11.1. The zero-order valence-corrected chi connectivity index (χ0v) is 17.9. The van der Waals surface area contributed by atoms with E-state index in [-0.39, 0.29) is 16.3 Å². The van der Waals surface area contributed by atoms with Crippen LogP contribution in [0.15, 0.2) is 39.9 Å². The van der Waals surface area contributed by atoms with Crippen molar-refractivity contribution in [2.75, 3.05) is 19.0 Å². The van der Waals surface area contributed by atoms with Gasteiger partial charge in [0.1, 0.15) is 0 Å². The fraction of sp³-hybridized carbons (Fsp3) is 0.286. The summed E-state index contributed by atoms with van der Waals surface area (Å²) in [6, 6.07) is 4.36. The van der Waals surface area contributed by atoms with E-state index in [0.717, 1.165) is 30.4 Å². The molecule has 2 aliphatic rings. The van der Waals surface area contributed by atoms with Gasteiger partial charge in [0, 0.05) is 36.5 Å². The van der Waals surface area contributed by atoms with E-state index < -0.39 is 22.4 Å². The van der Waals surface area contributed by atoms with E-state index >= 15 is 0 Å². The van der Waals surface area contributed by atoms with Gasteiger partial charge in [0.2, 0.25) is 0 Å². The standard InChI is InChI=1S/C21H19FN5O4S/c1-30-19-17(22)14(7-8-23-19)15-6-4-12-3-5-13(12)18(15)25-21(28)26-32(29)16-11-24-27-9-2-10-31-20(16)27/h4,6-8,11H,2-3,5,9-10H2,1H3,(H,25,28)/q-1. The Morgan fingerprint density at radius 3 is 2.97 bits per heavy atom. The molecule has 0 atom stereocenters. The van der Waals surface area contributed by atoms with Gasteiger partial charge in [-0.3, -0.25) is 0 Å².